The first kappa shape index (κ1) is 8.60. The van der Waals surface area contributed by atoms with Crippen LogP contribution in [0, 0.1) is 6.92 Å². The molecule has 0 N–H and O–H groups in total. The van der Waals surface area contributed by atoms with Gasteiger partial charge in [-0.3, -0.25) is 0 Å². The summed E-state index contributed by atoms with van der Waals surface area (Å²) in [4.78, 5) is 0. The topological polar surface area (TPSA) is 0 Å². The molecule has 0 rings (SSSR count). The number of hydrogen-bond acceptors (Lipinski definition) is 0. The summed E-state index contributed by atoms with van der Waals surface area (Å²) in [5.74, 6) is 0. The van der Waals surface area contributed by atoms with E-state index in [4.69, 9.17) is 0 Å². The third kappa shape index (κ3) is 7.60. The van der Waals surface area contributed by atoms with Gasteiger partial charge in [0.1, 0.15) is 0 Å². The van der Waals surface area contributed by atoms with Gasteiger partial charge < -0.3 is 0 Å². The molecule has 0 unspecified atom stereocenters. The lowest BCUT2D eigenvalue weighted by molar-refractivity contribution is 0.139. The number of halogens is 2. The fourth-order valence-electron chi connectivity index (χ4n) is 0.458. The van der Waals surface area contributed by atoms with E-state index < -0.39 is 6.43 Å². The lowest BCUT2D eigenvalue weighted by atomic mass is 10.3. The smallest absolute Gasteiger partial charge is 0.211 e. The molecule has 9 heavy (non-hydrogen) atoms. The zero-order chi connectivity index (χ0) is 7.11. The van der Waals surface area contributed by atoms with Crippen molar-refractivity contribution in [2.75, 3.05) is 0 Å². The molecule has 0 aliphatic carbocycles. The zero-order valence-corrected chi connectivity index (χ0v) is 5.32. The molecule has 0 saturated heterocycles. The Bertz CT molecular complexity index is 77.0. The SMILES string of the molecule is [CH2]CC=CCCC(F)F. The molecule has 0 aromatic carbocycles. The van der Waals surface area contributed by atoms with Crippen molar-refractivity contribution in [2.24, 2.45) is 0 Å². The molecule has 0 aromatic heterocycles. The summed E-state index contributed by atoms with van der Waals surface area (Å²) >= 11 is 0. The Balaban J connectivity index is 2.99. The number of allylic oxidation sites excluding steroid dienone is 2. The summed E-state index contributed by atoms with van der Waals surface area (Å²) in [6.07, 6.45) is 2.48. The van der Waals surface area contributed by atoms with Gasteiger partial charge in [-0.1, -0.05) is 12.2 Å². The van der Waals surface area contributed by atoms with E-state index in [0.29, 0.717) is 12.8 Å². The van der Waals surface area contributed by atoms with E-state index in [2.05, 4.69) is 6.92 Å². The Hall–Kier alpha value is -0.400. The van der Waals surface area contributed by atoms with Gasteiger partial charge in [0.25, 0.3) is 0 Å². The maximum atomic E-state index is 11.4. The van der Waals surface area contributed by atoms with Crippen LogP contribution in [0.3, 0.4) is 0 Å². The minimum Gasteiger partial charge on any atom is -0.211 e. The van der Waals surface area contributed by atoms with E-state index in [0.717, 1.165) is 0 Å². The van der Waals surface area contributed by atoms with Crippen LogP contribution >= 0.6 is 0 Å². The van der Waals surface area contributed by atoms with Gasteiger partial charge in [0.05, 0.1) is 0 Å². The van der Waals surface area contributed by atoms with Crippen molar-refractivity contribution in [3.8, 4) is 0 Å². The largest absolute Gasteiger partial charge is 0.238 e. The average molecular weight is 133 g/mol. The van der Waals surface area contributed by atoms with Crippen molar-refractivity contribution in [3.63, 3.8) is 0 Å². The van der Waals surface area contributed by atoms with Crippen LogP contribution in [0.2, 0.25) is 0 Å². The van der Waals surface area contributed by atoms with E-state index in [-0.39, 0.29) is 6.42 Å². The molecule has 0 atom stereocenters. The molecule has 0 nitrogen and oxygen atoms in total. The molecule has 2 heteroatoms. The van der Waals surface area contributed by atoms with Crippen LogP contribution in [0.1, 0.15) is 19.3 Å². The summed E-state index contributed by atoms with van der Waals surface area (Å²) in [7, 11) is 0. The summed E-state index contributed by atoms with van der Waals surface area (Å²) in [5, 5.41) is 0. The summed E-state index contributed by atoms with van der Waals surface area (Å²) in [6.45, 7) is 3.53. The predicted molar refractivity (Wildman–Crippen MR) is 34.4 cm³/mol. The minimum absolute atomic E-state index is 0.0312. The van der Waals surface area contributed by atoms with Gasteiger partial charge in [-0.2, -0.15) is 0 Å². The first-order valence-corrected chi connectivity index (χ1v) is 2.99. The Morgan fingerprint density at radius 3 is 2.44 bits per heavy atom. The normalized spacial score (nSPS) is 11.6. The van der Waals surface area contributed by atoms with Gasteiger partial charge in [-0.15, -0.1) is 0 Å². The molecule has 0 saturated carbocycles. The second kappa shape index (κ2) is 5.73. The van der Waals surface area contributed by atoms with Crippen LogP contribution in [-0.2, 0) is 0 Å². The molecule has 0 aliphatic rings. The lowest BCUT2D eigenvalue weighted by Crippen LogP contribution is -1.86. The van der Waals surface area contributed by atoms with E-state index in [1.54, 1.807) is 12.2 Å². The molecule has 0 heterocycles. The number of hydrogen-bond donors (Lipinski definition) is 0. The van der Waals surface area contributed by atoms with Gasteiger partial charge in [0, 0.05) is 6.42 Å². The summed E-state index contributed by atoms with van der Waals surface area (Å²) in [6, 6.07) is 0. The van der Waals surface area contributed by atoms with Crippen molar-refractivity contribution in [1.29, 1.82) is 0 Å². The molecule has 0 amide bonds. The molecule has 0 aromatic rings. The number of alkyl halides is 2. The third-order valence-electron chi connectivity index (χ3n) is 0.885. The van der Waals surface area contributed by atoms with Crippen molar-refractivity contribution < 1.29 is 8.78 Å². The Morgan fingerprint density at radius 1 is 1.33 bits per heavy atom. The monoisotopic (exact) mass is 133 g/mol. The highest BCUT2D eigenvalue weighted by Crippen LogP contribution is 2.03. The molecule has 0 fully saturated rings. The highest BCUT2D eigenvalue weighted by Gasteiger charge is 1.97. The van der Waals surface area contributed by atoms with E-state index in [1.165, 1.54) is 0 Å². The fourth-order valence-corrected chi connectivity index (χ4v) is 0.458. The van der Waals surface area contributed by atoms with Crippen LogP contribution < -0.4 is 0 Å². The molecular formula is C7H11F2. The Labute approximate surface area is 54.6 Å². The van der Waals surface area contributed by atoms with Gasteiger partial charge in [-0.25, -0.2) is 8.78 Å². The van der Waals surface area contributed by atoms with Gasteiger partial charge in [-0.05, 0) is 19.8 Å². The molecule has 53 valence electrons. The average Bonchev–Trinajstić information content (AvgIpc) is 1.80. The lowest BCUT2D eigenvalue weighted by Gasteiger charge is -1.90. The standard InChI is InChI=1S/C7H11F2/c1-2-3-4-5-6-7(8)9/h3-4,7H,1-2,5-6H2. The Morgan fingerprint density at radius 2 is 2.00 bits per heavy atom. The molecule has 0 aliphatic heterocycles. The number of rotatable bonds is 4. The second-order valence-electron chi connectivity index (χ2n) is 1.73. The van der Waals surface area contributed by atoms with Gasteiger partial charge in [0.15, 0.2) is 0 Å². The van der Waals surface area contributed by atoms with Crippen LogP contribution in [0.5, 0.6) is 0 Å². The summed E-state index contributed by atoms with van der Waals surface area (Å²) < 4.78 is 22.8. The second-order valence-corrected chi connectivity index (χ2v) is 1.73. The fraction of sp³-hybridized carbons (Fsp3) is 0.571. The maximum Gasteiger partial charge on any atom is 0.238 e. The van der Waals surface area contributed by atoms with Crippen LogP contribution in [-0.4, -0.2) is 6.43 Å². The maximum absolute atomic E-state index is 11.4. The van der Waals surface area contributed by atoms with Crippen molar-refractivity contribution in [3.05, 3.63) is 19.1 Å². The first-order valence-electron chi connectivity index (χ1n) is 2.99. The third-order valence-corrected chi connectivity index (χ3v) is 0.885. The zero-order valence-electron chi connectivity index (χ0n) is 5.32. The van der Waals surface area contributed by atoms with Crippen molar-refractivity contribution in [1.82, 2.24) is 0 Å². The van der Waals surface area contributed by atoms with Gasteiger partial charge >= 0.3 is 0 Å². The van der Waals surface area contributed by atoms with Crippen molar-refractivity contribution >= 4 is 0 Å². The highest BCUT2D eigenvalue weighted by atomic mass is 19.3. The van der Waals surface area contributed by atoms with Crippen molar-refractivity contribution in [2.45, 2.75) is 25.7 Å². The van der Waals surface area contributed by atoms with E-state index in [1.807, 2.05) is 0 Å². The van der Waals surface area contributed by atoms with Crippen LogP contribution in [0.25, 0.3) is 0 Å². The quantitative estimate of drug-likeness (QED) is 0.517. The van der Waals surface area contributed by atoms with E-state index in [9.17, 15) is 8.78 Å². The highest BCUT2D eigenvalue weighted by molar-refractivity contribution is 4.82. The van der Waals surface area contributed by atoms with Crippen LogP contribution in [0.4, 0.5) is 8.78 Å². The van der Waals surface area contributed by atoms with Crippen LogP contribution in [0.15, 0.2) is 12.2 Å². The molecular weight excluding hydrogens is 122 g/mol. The first-order chi connectivity index (χ1) is 4.27. The molecule has 0 bridgehead atoms. The minimum atomic E-state index is -2.17. The van der Waals surface area contributed by atoms with Gasteiger partial charge in [0.2, 0.25) is 6.43 Å². The Kier molecular flexibility index (Phi) is 5.48. The molecule has 0 spiro atoms. The summed E-state index contributed by atoms with van der Waals surface area (Å²) in [5.41, 5.74) is 0. The van der Waals surface area contributed by atoms with E-state index >= 15 is 0 Å². The predicted octanol–water partition coefficient (Wildman–Crippen LogP) is 2.81. The molecule has 1 radical (unpaired) electrons.